The van der Waals surface area contributed by atoms with Crippen molar-refractivity contribution in [2.45, 2.75) is 5.75 Å². The number of amides is 1. The Morgan fingerprint density at radius 2 is 2.15 bits per heavy atom. The summed E-state index contributed by atoms with van der Waals surface area (Å²) < 4.78 is 10.1. The summed E-state index contributed by atoms with van der Waals surface area (Å²) in [4.78, 5) is 22.8. The Bertz CT molecular complexity index is 638. The van der Waals surface area contributed by atoms with Gasteiger partial charge in [0.25, 0.3) is 0 Å². The highest BCUT2D eigenvalue weighted by molar-refractivity contribution is 7.99. The molecule has 0 spiro atoms. The van der Waals surface area contributed by atoms with Gasteiger partial charge in [-0.2, -0.15) is 0 Å². The average molecular weight is 294 g/mol. The van der Waals surface area contributed by atoms with Crippen LogP contribution in [0.25, 0.3) is 11.0 Å². The molecule has 0 saturated heterocycles. The topological polar surface area (TPSA) is 94.6 Å². The molecule has 0 atom stereocenters. The Morgan fingerprint density at radius 1 is 1.40 bits per heavy atom. The summed E-state index contributed by atoms with van der Waals surface area (Å²) in [6.07, 6.45) is 0. The van der Waals surface area contributed by atoms with Crippen LogP contribution in [0.4, 0.5) is 0 Å². The van der Waals surface area contributed by atoms with Gasteiger partial charge in [-0.25, -0.2) is 5.84 Å². The predicted molar refractivity (Wildman–Crippen MR) is 76.0 cm³/mol. The van der Waals surface area contributed by atoms with Crippen LogP contribution in [0.3, 0.4) is 0 Å². The summed E-state index contributed by atoms with van der Waals surface area (Å²) in [6, 6.07) is 7.31. The van der Waals surface area contributed by atoms with Crippen LogP contribution in [0.2, 0.25) is 0 Å². The number of esters is 1. The first kappa shape index (κ1) is 14.4. The maximum absolute atomic E-state index is 11.7. The number of hydrogen-bond acceptors (Lipinski definition) is 6. The van der Waals surface area contributed by atoms with Crippen molar-refractivity contribution in [1.29, 1.82) is 0 Å². The second-order valence-corrected chi connectivity index (χ2v) is 4.93. The van der Waals surface area contributed by atoms with E-state index in [0.717, 1.165) is 10.9 Å². The number of methoxy groups -OCH3 is 1. The Balaban J connectivity index is 2.28. The molecule has 3 N–H and O–H groups in total. The lowest BCUT2D eigenvalue weighted by atomic mass is 10.1. The largest absolute Gasteiger partial charge is 0.468 e. The monoisotopic (exact) mass is 294 g/mol. The Labute approximate surface area is 119 Å². The lowest BCUT2D eigenvalue weighted by Crippen LogP contribution is -2.30. The lowest BCUT2D eigenvalue weighted by molar-refractivity contribution is -0.137. The van der Waals surface area contributed by atoms with Gasteiger partial charge >= 0.3 is 11.9 Å². The minimum atomic E-state index is -0.491. The number of hydrazine groups is 1. The summed E-state index contributed by atoms with van der Waals surface area (Å²) in [5, 5.41) is 0.837. The van der Waals surface area contributed by atoms with E-state index < -0.39 is 5.91 Å². The molecule has 0 bridgehead atoms. The zero-order valence-corrected chi connectivity index (χ0v) is 11.7. The molecular formula is C13H14N2O4S. The lowest BCUT2D eigenvalue weighted by Gasteiger charge is -2.02. The number of carbonyl (C=O) groups excluding carboxylic acids is 2. The fourth-order valence-corrected chi connectivity index (χ4v) is 2.66. The highest BCUT2D eigenvalue weighted by Gasteiger charge is 2.19. The molecule has 0 saturated carbocycles. The maximum Gasteiger partial charge on any atom is 0.315 e. The third kappa shape index (κ3) is 2.94. The second-order valence-electron chi connectivity index (χ2n) is 3.95. The quantitative estimate of drug-likeness (QED) is 0.375. The van der Waals surface area contributed by atoms with Crippen LogP contribution in [0.15, 0.2) is 28.7 Å². The normalized spacial score (nSPS) is 10.5. The molecule has 1 aromatic heterocycles. The van der Waals surface area contributed by atoms with Crippen LogP contribution in [-0.4, -0.2) is 24.7 Å². The first-order chi connectivity index (χ1) is 9.67. The molecule has 0 fully saturated rings. The van der Waals surface area contributed by atoms with Crippen LogP contribution in [0, 0.1) is 0 Å². The van der Waals surface area contributed by atoms with Crippen molar-refractivity contribution in [1.82, 2.24) is 5.43 Å². The standard InChI is InChI=1S/C13H14N2O4S/c1-18-11(16)7-20-6-9-8-4-2-3-5-10(8)19-12(9)13(17)15-14/h2-5H,6-7,14H2,1H3,(H,15,17). The third-order valence-electron chi connectivity index (χ3n) is 2.73. The van der Waals surface area contributed by atoms with Crippen LogP contribution in [-0.2, 0) is 15.3 Å². The molecule has 0 unspecified atom stereocenters. The fraction of sp³-hybridized carbons (Fsp3) is 0.231. The number of nitrogen functional groups attached to an aromatic ring is 1. The number of thioether (sulfide) groups is 1. The van der Waals surface area contributed by atoms with Crippen molar-refractivity contribution in [2.75, 3.05) is 12.9 Å². The van der Waals surface area contributed by atoms with Gasteiger partial charge < -0.3 is 9.15 Å². The van der Waals surface area contributed by atoms with Crippen molar-refractivity contribution < 1.29 is 18.7 Å². The smallest absolute Gasteiger partial charge is 0.315 e. The summed E-state index contributed by atoms with van der Waals surface area (Å²) in [5.41, 5.74) is 3.39. The molecule has 20 heavy (non-hydrogen) atoms. The number of nitrogens with one attached hydrogen (secondary N) is 1. The maximum atomic E-state index is 11.7. The van der Waals surface area contributed by atoms with E-state index in [2.05, 4.69) is 10.2 Å². The predicted octanol–water partition coefficient (Wildman–Crippen LogP) is 1.44. The third-order valence-corrected chi connectivity index (χ3v) is 3.66. The van der Waals surface area contributed by atoms with E-state index in [-0.39, 0.29) is 17.5 Å². The zero-order chi connectivity index (χ0) is 14.5. The molecule has 0 aliphatic heterocycles. The molecule has 0 aliphatic rings. The number of ether oxygens (including phenoxy) is 1. The average Bonchev–Trinajstić information content (AvgIpc) is 2.85. The summed E-state index contributed by atoms with van der Waals surface area (Å²) in [6.45, 7) is 0. The molecule has 106 valence electrons. The molecule has 6 nitrogen and oxygen atoms in total. The summed E-state index contributed by atoms with van der Waals surface area (Å²) in [5.74, 6) is 5.18. The Hall–Kier alpha value is -1.99. The molecule has 0 radical (unpaired) electrons. The molecule has 2 aromatic rings. The van der Waals surface area contributed by atoms with Crippen molar-refractivity contribution in [3.63, 3.8) is 0 Å². The number of hydrogen-bond donors (Lipinski definition) is 2. The zero-order valence-electron chi connectivity index (χ0n) is 10.8. The molecular weight excluding hydrogens is 280 g/mol. The summed E-state index contributed by atoms with van der Waals surface area (Å²) in [7, 11) is 1.34. The van der Waals surface area contributed by atoms with Crippen LogP contribution in [0.5, 0.6) is 0 Å². The molecule has 1 heterocycles. The van der Waals surface area contributed by atoms with Gasteiger partial charge in [-0.05, 0) is 6.07 Å². The van der Waals surface area contributed by atoms with Gasteiger partial charge in [-0.3, -0.25) is 15.0 Å². The van der Waals surface area contributed by atoms with E-state index in [9.17, 15) is 9.59 Å². The van der Waals surface area contributed by atoms with Crippen molar-refractivity contribution in [2.24, 2.45) is 5.84 Å². The van der Waals surface area contributed by atoms with Gasteiger partial charge in [0.1, 0.15) is 5.58 Å². The van der Waals surface area contributed by atoms with Crippen LogP contribution < -0.4 is 11.3 Å². The van der Waals surface area contributed by atoms with E-state index >= 15 is 0 Å². The Kier molecular flexibility index (Phi) is 4.65. The molecule has 1 amide bonds. The first-order valence-electron chi connectivity index (χ1n) is 5.83. The van der Waals surface area contributed by atoms with E-state index in [1.54, 1.807) is 6.07 Å². The highest BCUT2D eigenvalue weighted by atomic mass is 32.2. The van der Waals surface area contributed by atoms with E-state index in [4.69, 9.17) is 10.3 Å². The van der Waals surface area contributed by atoms with Gasteiger partial charge in [0.05, 0.1) is 12.9 Å². The van der Waals surface area contributed by atoms with E-state index in [1.165, 1.54) is 18.9 Å². The minimum absolute atomic E-state index is 0.172. The number of carbonyl (C=O) groups is 2. The van der Waals surface area contributed by atoms with Gasteiger partial charge in [0.15, 0.2) is 5.76 Å². The van der Waals surface area contributed by atoms with Gasteiger partial charge in [-0.15, -0.1) is 11.8 Å². The molecule has 0 aliphatic carbocycles. The molecule has 7 heteroatoms. The minimum Gasteiger partial charge on any atom is -0.468 e. The SMILES string of the molecule is COC(=O)CSCc1c(C(=O)NN)oc2ccccc12. The number of fused-ring (bicyclic) bond motifs is 1. The van der Waals surface area contributed by atoms with E-state index in [1.807, 2.05) is 18.2 Å². The fourth-order valence-electron chi connectivity index (χ4n) is 1.79. The van der Waals surface area contributed by atoms with E-state index in [0.29, 0.717) is 11.3 Å². The van der Waals surface area contributed by atoms with Gasteiger partial charge in [-0.1, -0.05) is 18.2 Å². The second kappa shape index (κ2) is 6.44. The number of benzene rings is 1. The number of rotatable bonds is 5. The summed E-state index contributed by atoms with van der Waals surface area (Å²) >= 11 is 1.35. The molecule has 1 aromatic carbocycles. The number of nitrogens with two attached hydrogens (primary N) is 1. The highest BCUT2D eigenvalue weighted by Crippen LogP contribution is 2.29. The van der Waals surface area contributed by atoms with Crippen molar-refractivity contribution >= 4 is 34.6 Å². The van der Waals surface area contributed by atoms with Crippen molar-refractivity contribution in [3.05, 3.63) is 35.6 Å². The van der Waals surface area contributed by atoms with Crippen LogP contribution >= 0.6 is 11.8 Å². The number of para-hydroxylation sites is 1. The first-order valence-corrected chi connectivity index (χ1v) is 6.98. The van der Waals surface area contributed by atoms with Crippen molar-refractivity contribution in [3.8, 4) is 0 Å². The number of furan rings is 1. The van der Waals surface area contributed by atoms with Crippen LogP contribution in [0.1, 0.15) is 16.1 Å². The van der Waals surface area contributed by atoms with Gasteiger partial charge in [0.2, 0.25) is 0 Å². The molecule has 2 rings (SSSR count). The Morgan fingerprint density at radius 3 is 2.85 bits per heavy atom. The van der Waals surface area contributed by atoms with Gasteiger partial charge in [0, 0.05) is 16.7 Å².